The number of H-pyrrole nitrogens is 1. The quantitative estimate of drug-likeness (QED) is 0.273. The molecule has 2 amide bonds. The Balaban J connectivity index is 1.47. The van der Waals surface area contributed by atoms with Crippen LogP contribution < -0.4 is 21.5 Å². The maximum atomic E-state index is 14.3. The Labute approximate surface area is 217 Å². The van der Waals surface area contributed by atoms with Crippen molar-refractivity contribution in [2.75, 3.05) is 12.4 Å². The number of hydrogen-bond donors (Lipinski definition) is 4. The van der Waals surface area contributed by atoms with Gasteiger partial charge in [0.1, 0.15) is 11.5 Å². The van der Waals surface area contributed by atoms with Gasteiger partial charge in [-0.3, -0.25) is 24.5 Å². The second-order valence-electron chi connectivity index (χ2n) is 9.90. The number of aromatic nitrogens is 1. The van der Waals surface area contributed by atoms with Crippen LogP contribution in [0.5, 0.6) is 0 Å². The van der Waals surface area contributed by atoms with Crippen molar-refractivity contribution >= 4 is 34.1 Å². The molecule has 2 fully saturated rings. The molecule has 11 heteroatoms. The first kappa shape index (κ1) is 25.4. The van der Waals surface area contributed by atoms with E-state index < -0.39 is 40.2 Å². The number of aromatic amines is 1. The maximum absolute atomic E-state index is 14.3. The van der Waals surface area contributed by atoms with Crippen molar-refractivity contribution in [3.63, 3.8) is 0 Å². The van der Waals surface area contributed by atoms with Gasteiger partial charge in [-0.25, -0.2) is 4.39 Å². The second kappa shape index (κ2) is 10.2. The summed E-state index contributed by atoms with van der Waals surface area (Å²) < 4.78 is 14.3. The van der Waals surface area contributed by atoms with Crippen LogP contribution in [0.15, 0.2) is 41.2 Å². The smallest absolute Gasteiger partial charge is 0.293 e. The van der Waals surface area contributed by atoms with Crippen molar-refractivity contribution in [3.05, 3.63) is 79.4 Å². The zero-order chi connectivity index (χ0) is 27.0. The Morgan fingerprint density at radius 3 is 2.45 bits per heavy atom. The average Bonchev–Trinajstić information content (AvgIpc) is 3.75. The SMILES string of the molecule is CNC(=O)c1cc(C2CC2)cc([N+](=O)[O-])c1N[C@@H]1CCCC[C@@H]1NC(=O)c1cc(=O)[nH]c2c(F)cccc12. The van der Waals surface area contributed by atoms with Crippen LogP contribution in [0.25, 0.3) is 10.9 Å². The van der Waals surface area contributed by atoms with E-state index in [-0.39, 0.29) is 39.3 Å². The number of nitrogens with one attached hydrogen (secondary N) is 4. The molecule has 0 spiro atoms. The van der Waals surface area contributed by atoms with Crippen molar-refractivity contribution < 1.29 is 18.9 Å². The fraction of sp³-hybridized carbons (Fsp3) is 0.370. The number of anilines is 1. The summed E-state index contributed by atoms with van der Waals surface area (Å²) in [5, 5.41) is 21.1. The van der Waals surface area contributed by atoms with Crippen LogP contribution in [0.4, 0.5) is 15.8 Å². The van der Waals surface area contributed by atoms with Gasteiger partial charge in [0.15, 0.2) is 0 Å². The van der Waals surface area contributed by atoms with E-state index in [2.05, 4.69) is 20.9 Å². The summed E-state index contributed by atoms with van der Waals surface area (Å²) >= 11 is 0. The van der Waals surface area contributed by atoms with E-state index >= 15 is 0 Å². The molecule has 1 aromatic heterocycles. The van der Waals surface area contributed by atoms with E-state index in [1.54, 1.807) is 12.1 Å². The zero-order valence-electron chi connectivity index (χ0n) is 20.8. The highest BCUT2D eigenvalue weighted by molar-refractivity contribution is 6.06. The van der Waals surface area contributed by atoms with Crippen molar-refractivity contribution in [1.29, 1.82) is 0 Å². The number of nitro benzene ring substituents is 1. The van der Waals surface area contributed by atoms with Gasteiger partial charge in [-0.15, -0.1) is 0 Å². The summed E-state index contributed by atoms with van der Waals surface area (Å²) in [7, 11) is 1.47. The number of benzene rings is 2. The largest absolute Gasteiger partial charge is 0.374 e. The molecule has 0 radical (unpaired) electrons. The molecule has 1 heterocycles. The topological polar surface area (TPSA) is 146 Å². The normalized spacial score (nSPS) is 19.1. The summed E-state index contributed by atoms with van der Waals surface area (Å²) in [5.41, 5.74) is 0.280. The number of carbonyl (C=O) groups excluding carboxylic acids is 2. The summed E-state index contributed by atoms with van der Waals surface area (Å²) in [6, 6.07) is 7.73. The number of nitro groups is 1. The average molecular weight is 522 g/mol. The lowest BCUT2D eigenvalue weighted by atomic mass is 9.89. The van der Waals surface area contributed by atoms with Crippen LogP contribution in [0.3, 0.4) is 0 Å². The summed E-state index contributed by atoms with van der Waals surface area (Å²) in [5.74, 6) is -1.42. The number of halogens is 1. The monoisotopic (exact) mass is 521 g/mol. The molecule has 2 atom stereocenters. The van der Waals surface area contributed by atoms with Crippen LogP contribution in [-0.4, -0.2) is 40.9 Å². The van der Waals surface area contributed by atoms with Gasteiger partial charge in [0.05, 0.1) is 21.6 Å². The molecule has 5 rings (SSSR count). The van der Waals surface area contributed by atoms with Gasteiger partial charge < -0.3 is 20.9 Å². The fourth-order valence-corrected chi connectivity index (χ4v) is 5.25. The first-order valence-corrected chi connectivity index (χ1v) is 12.7. The first-order valence-electron chi connectivity index (χ1n) is 12.7. The van der Waals surface area contributed by atoms with Gasteiger partial charge in [0, 0.05) is 36.7 Å². The lowest BCUT2D eigenvalue weighted by Gasteiger charge is -2.34. The van der Waals surface area contributed by atoms with E-state index in [4.69, 9.17) is 0 Å². The molecular formula is C27H28FN5O5. The van der Waals surface area contributed by atoms with E-state index in [0.717, 1.165) is 37.3 Å². The third kappa shape index (κ3) is 4.96. The summed E-state index contributed by atoms with van der Waals surface area (Å²) in [4.78, 5) is 52.2. The molecule has 4 N–H and O–H groups in total. The minimum Gasteiger partial charge on any atom is -0.374 e. The van der Waals surface area contributed by atoms with Gasteiger partial charge in [-0.05, 0) is 49.3 Å². The molecular weight excluding hydrogens is 493 g/mol. The summed E-state index contributed by atoms with van der Waals surface area (Å²) in [6.45, 7) is 0. The Bertz CT molecular complexity index is 1500. The molecule has 2 aromatic carbocycles. The molecule has 2 saturated carbocycles. The molecule has 2 aliphatic carbocycles. The number of pyridine rings is 1. The summed E-state index contributed by atoms with van der Waals surface area (Å²) in [6.07, 6.45) is 4.68. The Hall–Kier alpha value is -4.28. The standard InChI is InChI=1S/C27H28FN5O5/c1-29-26(35)18-11-15(14-9-10-14)12-22(33(37)38)25(18)30-20-7-2-3-8-21(20)31-27(36)17-13-23(34)32-24-16(17)5-4-6-19(24)28/h4-6,11-14,20-21,30H,2-3,7-10H2,1H3,(H,29,35)(H,31,36)(H,32,34)/t20-,21+/m1/s1. The lowest BCUT2D eigenvalue weighted by molar-refractivity contribution is -0.384. The van der Waals surface area contributed by atoms with Gasteiger partial charge in [0.2, 0.25) is 5.56 Å². The maximum Gasteiger partial charge on any atom is 0.293 e. The fourth-order valence-electron chi connectivity index (χ4n) is 5.25. The molecule has 198 valence electrons. The van der Waals surface area contributed by atoms with Gasteiger partial charge in [-0.1, -0.05) is 25.0 Å². The lowest BCUT2D eigenvalue weighted by Crippen LogP contribution is -2.49. The van der Waals surface area contributed by atoms with E-state index in [1.807, 2.05) is 0 Å². The van der Waals surface area contributed by atoms with Crippen molar-refractivity contribution in [3.8, 4) is 0 Å². The molecule has 2 aliphatic rings. The van der Waals surface area contributed by atoms with Crippen molar-refractivity contribution in [2.24, 2.45) is 0 Å². The number of para-hydroxylation sites is 1. The molecule has 0 bridgehead atoms. The number of nitrogens with zero attached hydrogens (tertiary/aromatic N) is 1. The molecule has 3 aromatic rings. The van der Waals surface area contributed by atoms with Crippen molar-refractivity contribution in [1.82, 2.24) is 15.6 Å². The number of amides is 2. The Kier molecular flexibility index (Phi) is 6.83. The highest BCUT2D eigenvalue weighted by atomic mass is 19.1. The van der Waals surface area contributed by atoms with E-state index in [1.165, 1.54) is 25.2 Å². The van der Waals surface area contributed by atoms with Crippen LogP contribution in [0, 0.1) is 15.9 Å². The van der Waals surface area contributed by atoms with Crippen LogP contribution in [0.2, 0.25) is 0 Å². The molecule has 0 unspecified atom stereocenters. The van der Waals surface area contributed by atoms with Gasteiger partial charge in [-0.2, -0.15) is 0 Å². The van der Waals surface area contributed by atoms with Crippen LogP contribution in [-0.2, 0) is 0 Å². The second-order valence-corrected chi connectivity index (χ2v) is 9.90. The molecule has 0 saturated heterocycles. The molecule has 38 heavy (non-hydrogen) atoms. The van der Waals surface area contributed by atoms with Crippen LogP contribution in [0.1, 0.15) is 70.7 Å². The van der Waals surface area contributed by atoms with E-state index in [9.17, 15) is 28.9 Å². The third-order valence-corrected chi connectivity index (χ3v) is 7.34. The minimum atomic E-state index is -0.643. The molecule has 10 nitrogen and oxygen atoms in total. The van der Waals surface area contributed by atoms with Crippen molar-refractivity contribution in [2.45, 2.75) is 56.5 Å². The minimum absolute atomic E-state index is 0.0402. The highest BCUT2D eigenvalue weighted by Crippen LogP contribution is 2.44. The molecule has 0 aliphatic heterocycles. The van der Waals surface area contributed by atoms with E-state index in [0.29, 0.717) is 12.8 Å². The number of hydrogen-bond acceptors (Lipinski definition) is 6. The Morgan fingerprint density at radius 2 is 1.76 bits per heavy atom. The van der Waals surface area contributed by atoms with Gasteiger partial charge >= 0.3 is 0 Å². The highest BCUT2D eigenvalue weighted by Gasteiger charge is 2.34. The predicted molar refractivity (Wildman–Crippen MR) is 140 cm³/mol. The Morgan fingerprint density at radius 1 is 1.03 bits per heavy atom. The number of fused-ring (bicyclic) bond motifs is 1. The van der Waals surface area contributed by atoms with Gasteiger partial charge in [0.25, 0.3) is 17.5 Å². The zero-order valence-corrected chi connectivity index (χ0v) is 20.8. The number of carbonyl (C=O) groups is 2. The van der Waals surface area contributed by atoms with Crippen LogP contribution >= 0.6 is 0 Å². The first-order chi connectivity index (χ1) is 18.3. The third-order valence-electron chi connectivity index (χ3n) is 7.34. The predicted octanol–water partition coefficient (Wildman–Crippen LogP) is 3.97. The number of rotatable bonds is 7.